The van der Waals surface area contributed by atoms with Crippen LogP contribution >= 0.6 is 0 Å². The maximum Gasteiger partial charge on any atom is 0.0991 e. The Balaban J connectivity index is 1.84. The molecule has 0 bridgehead atoms. The molecule has 0 radical (unpaired) electrons. The Kier molecular flexibility index (Phi) is 4.66. The van der Waals surface area contributed by atoms with Gasteiger partial charge in [0.25, 0.3) is 0 Å². The molecular formula is C22H21N3O. The number of benzene rings is 2. The number of hydrogen-bond acceptors (Lipinski definition) is 4. The summed E-state index contributed by atoms with van der Waals surface area (Å²) in [5.41, 5.74) is 5.42. The van der Waals surface area contributed by atoms with E-state index in [4.69, 9.17) is 10.00 Å². The summed E-state index contributed by atoms with van der Waals surface area (Å²) in [6.45, 7) is 5.44. The number of rotatable bonds is 3. The fourth-order valence-corrected chi connectivity index (χ4v) is 3.77. The topological polar surface area (TPSA) is 49.2 Å². The Morgan fingerprint density at radius 2 is 1.85 bits per heavy atom. The summed E-state index contributed by atoms with van der Waals surface area (Å²) in [7, 11) is 0. The molecule has 4 heteroatoms. The van der Waals surface area contributed by atoms with E-state index >= 15 is 0 Å². The van der Waals surface area contributed by atoms with Gasteiger partial charge in [-0.15, -0.1) is 0 Å². The molecule has 1 fully saturated rings. The van der Waals surface area contributed by atoms with Gasteiger partial charge in [-0.1, -0.05) is 30.3 Å². The van der Waals surface area contributed by atoms with Crippen LogP contribution in [0.5, 0.6) is 0 Å². The lowest BCUT2D eigenvalue weighted by Gasteiger charge is -2.36. The number of fused-ring (bicyclic) bond motifs is 1. The fourth-order valence-electron chi connectivity index (χ4n) is 3.77. The number of aryl methyl sites for hydroxylation is 1. The number of nitriles is 1. The van der Waals surface area contributed by atoms with Crippen LogP contribution in [0.15, 0.2) is 54.7 Å². The fraction of sp³-hybridized carbons (Fsp3) is 0.273. The summed E-state index contributed by atoms with van der Waals surface area (Å²) in [4.78, 5) is 7.06. The first-order valence-electron chi connectivity index (χ1n) is 8.94. The number of hydrogen-bond donors (Lipinski definition) is 0. The third kappa shape index (κ3) is 3.08. The molecule has 1 aliphatic rings. The molecule has 1 aromatic heterocycles. The molecular weight excluding hydrogens is 322 g/mol. The second kappa shape index (κ2) is 7.25. The van der Waals surface area contributed by atoms with Crippen molar-refractivity contribution < 1.29 is 4.74 Å². The zero-order chi connectivity index (χ0) is 17.9. The highest BCUT2D eigenvalue weighted by Gasteiger charge is 2.26. The van der Waals surface area contributed by atoms with Gasteiger partial charge >= 0.3 is 0 Å². The average molecular weight is 343 g/mol. The molecule has 1 unspecified atom stereocenters. The van der Waals surface area contributed by atoms with E-state index in [0.29, 0.717) is 5.56 Å². The van der Waals surface area contributed by atoms with E-state index in [1.807, 2.05) is 24.4 Å². The van der Waals surface area contributed by atoms with E-state index in [9.17, 15) is 0 Å². The molecule has 1 aliphatic heterocycles. The number of aromatic nitrogens is 1. The van der Waals surface area contributed by atoms with Gasteiger partial charge in [0, 0.05) is 24.7 Å². The van der Waals surface area contributed by atoms with Gasteiger partial charge in [-0.3, -0.25) is 9.88 Å². The van der Waals surface area contributed by atoms with Gasteiger partial charge < -0.3 is 4.74 Å². The normalized spacial score (nSPS) is 16.3. The Bertz CT molecular complexity index is 953. The Morgan fingerprint density at radius 1 is 1.08 bits per heavy atom. The van der Waals surface area contributed by atoms with Gasteiger partial charge in [0.15, 0.2) is 0 Å². The molecule has 4 nitrogen and oxygen atoms in total. The molecule has 2 aromatic carbocycles. The SMILES string of the molecule is Cc1c(C(c2ccc(C#N)cc2)N2CCOCC2)ccc2cccnc12. The first kappa shape index (κ1) is 16.7. The average Bonchev–Trinajstić information content (AvgIpc) is 2.71. The van der Waals surface area contributed by atoms with Gasteiger partial charge in [0.1, 0.15) is 0 Å². The largest absolute Gasteiger partial charge is 0.379 e. The minimum atomic E-state index is 0.137. The van der Waals surface area contributed by atoms with Crippen molar-refractivity contribution in [1.29, 1.82) is 5.26 Å². The predicted molar refractivity (Wildman–Crippen MR) is 102 cm³/mol. The van der Waals surface area contributed by atoms with Crippen LogP contribution in [0.25, 0.3) is 10.9 Å². The smallest absolute Gasteiger partial charge is 0.0991 e. The van der Waals surface area contributed by atoms with Crippen LogP contribution in [0.4, 0.5) is 0 Å². The second-order valence-electron chi connectivity index (χ2n) is 6.64. The lowest BCUT2D eigenvalue weighted by molar-refractivity contribution is 0.0239. The molecule has 3 aromatic rings. The minimum Gasteiger partial charge on any atom is -0.379 e. The number of nitrogens with zero attached hydrogens (tertiary/aromatic N) is 3. The number of pyridine rings is 1. The summed E-state index contributed by atoms with van der Waals surface area (Å²) in [5, 5.41) is 10.3. The summed E-state index contributed by atoms with van der Waals surface area (Å²) < 4.78 is 5.56. The third-order valence-corrected chi connectivity index (χ3v) is 5.13. The first-order chi connectivity index (χ1) is 12.8. The molecule has 1 saturated heterocycles. The Hall–Kier alpha value is -2.74. The van der Waals surface area contributed by atoms with E-state index in [2.05, 4.69) is 53.2 Å². The van der Waals surface area contributed by atoms with Crippen molar-refractivity contribution >= 4 is 10.9 Å². The molecule has 0 N–H and O–H groups in total. The minimum absolute atomic E-state index is 0.137. The predicted octanol–water partition coefficient (Wildman–Crippen LogP) is 3.84. The maximum absolute atomic E-state index is 9.11. The zero-order valence-corrected chi connectivity index (χ0v) is 14.9. The Labute approximate surface area is 153 Å². The lowest BCUT2D eigenvalue weighted by atomic mass is 9.91. The van der Waals surface area contributed by atoms with Crippen molar-refractivity contribution in [2.24, 2.45) is 0 Å². The van der Waals surface area contributed by atoms with Crippen LogP contribution < -0.4 is 0 Å². The van der Waals surface area contributed by atoms with E-state index in [-0.39, 0.29) is 6.04 Å². The van der Waals surface area contributed by atoms with Crippen molar-refractivity contribution in [3.63, 3.8) is 0 Å². The molecule has 0 amide bonds. The summed E-state index contributed by atoms with van der Waals surface area (Å²) in [6.07, 6.45) is 1.85. The monoisotopic (exact) mass is 343 g/mol. The zero-order valence-electron chi connectivity index (χ0n) is 14.9. The summed E-state index contributed by atoms with van der Waals surface area (Å²) >= 11 is 0. The summed E-state index contributed by atoms with van der Waals surface area (Å²) in [5.74, 6) is 0. The molecule has 0 aliphatic carbocycles. The van der Waals surface area contributed by atoms with Gasteiger partial charge in [-0.05, 0) is 41.8 Å². The van der Waals surface area contributed by atoms with Crippen molar-refractivity contribution in [1.82, 2.24) is 9.88 Å². The molecule has 0 spiro atoms. The molecule has 0 saturated carbocycles. The van der Waals surface area contributed by atoms with Gasteiger partial charge in [-0.2, -0.15) is 5.26 Å². The third-order valence-electron chi connectivity index (χ3n) is 5.13. The van der Waals surface area contributed by atoms with Crippen molar-refractivity contribution in [2.75, 3.05) is 26.3 Å². The first-order valence-corrected chi connectivity index (χ1v) is 8.94. The van der Waals surface area contributed by atoms with Crippen LogP contribution in [0.3, 0.4) is 0 Å². The van der Waals surface area contributed by atoms with E-state index in [0.717, 1.165) is 37.2 Å². The van der Waals surface area contributed by atoms with Crippen molar-refractivity contribution in [3.05, 3.63) is 77.0 Å². The molecule has 26 heavy (non-hydrogen) atoms. The molecule has 4 rings (SSSR count). The lowest BCUT2D eigenvalue weighted by Crippen LogP contribution is -2.39. The van der Waals surface area contributed by atoms with Gasteiger partial charge in [-0.25, -0.2) is 0 Å². The van der Waals surface area contributed by atoms with Crippen molar-refractivity contribution in [3.8, 4) is 6.07 Å². The highest BCUT2D eigenvalue weighted by molar-refractivity contribution is 5.82. The standard InChI is InChI=1S/C22H21N3O/c1-16-20(9-8-18-3-2-10-24-21(16)18)22(25-11-13-26-14-12-25)19-6-4-17(15-23)5-7-19/h2-10,22H,11-14H2,1H3. The number of ether oxygens (including phenoxy) is 1. The van der Waals surface area contributed by atoms with Crippen LogP contribution in [0.2, 0.25) is 0 Å². The second-order valence-corrected chi connectivity index (χ2v) is 6.64. The van der Waals surface area contributed by atoms with E-state index in [1.54, 1.807) is 0 Å². The quantitative estimate of drug-likeness (QED) is 0.725. The molecule has 130 valence electrons. The Morgan fingerprint density at radius 3 is 2.58 bits per heavy atom. The van der Waals surface area contributed by atoms with E-state index in [1.165, 1.54) is 16.7 Å². The van der Waals surface area contributed by atoms with Crippen molar-refractivity contribution in [2.45, 2.75) is 13.0 Å². The van der Waals surface area contributed by atoms with Gasteiger partial charge in [0.05, 0.1) is 36.4 Å². The number of morpholine rings is 1. The molecule has 2 heterocycles. The van der Waals surface area contributed by atoms with Crippen LogP contribution in [-0.4, -0.2) is 36.2 Å². The van der Waals surface area contributed by atoms with Crippen LogP contribution in [0, 0.1) is 18.3 Å². The highest BCUT2D eigenvalue weighted by atomic mass is 16.5. The van der Waals surface area contributed by atoms with E-state index < -0.39 is 0 Å². The maximum atomic E-state index is 9.11. The van der Waals surface area contributed by atoms with Crippen LogP contribution in [0.1, 0.15) is 28.3 Å². The summed E-state index contributed by atoms with van der Waals surface area (Å²) in [6, 6.07) is 18.7. The molecule has 1 atom stereocenters. The van der Waals surface area contributed by atoms with Gasteiger partial charge in [0.2, 0.25) is 0 Å². The highest BCUT2D eigenvalue weighted by Crippen LogP contribution is 2.34. The van der Waals surface area contributed by atoms with Crippen LogP contribution in [-0.2, 0) is 4.74 Å².